The van der Waals surface area contributed by atoms with Crippen LogP contribution in [-0.2, 0) is 31.2 Å². The highest BCUT2D eigenvalue weighted by atomic mass is 32.1. The number of aryl methyl sites for hydroxylation is 1. The van der Waals surface area contributed by atoms with Gasteiger partial charge >= 0.3 is 0 Å². The lowest BCUT2D eigenvalue weighted by Crippen LogP contribution is -2.29. The van der Waals surface area contributed by atoms with Crippen LogP contribution in [0, 0.1) is 22.7 Å². The quantitative estimate of drug-likeness (QED) is 0.745. The van der Waals surface area contributed by atoms with Crippen molar-refractivity contribution in [2.75, 3.05) is 18.9 Å². The van der Waals surface area contributed by atoms with Gasteiger partial charge in [0.15, 0.2) is 0 Å². The predicted molar refractivity (Wildman–Crippen MR) is 117 cm³/mol. The number of thiophene rings is 1. The van der Waals surface area contributed by atoms with Crippen LogP contribution in [0.4, 0.5) is 5.00 Å². The van der Waals surface area contributed by atoms with Crippen LogP contribution in [0.2, 0.25) is 0 Å². The third kappa shape index (κ3) is 4.88. The summed E-state index contributed by atoms with van der Waals surface area (Å²) in [7, 11) is 3.79. The summed E-state index contributed by atoms with van der Waals surface area (Å²) in [5.74, 6) is 0.538. The van der Waals surface area contributed by atoms with Gasteiger partial charge in [-0.1, -0.05) is 27.2 Å². The number of likely N-dealkylation sites (N-methyl/N-ethyl adjacent to an activating group) is 1. The van der Waals surface area contributed by atoms with E-state index in [2.05, 4.69) is 37.3 Å². The van der Waals surface area contributed by atoms with Crippen molar-refractivity contribution in [1.29, 1.82) is 5.26 Å². The van der Waals surface area contributed by atoms with E-state index >= 15 is 0 Å². The molecule has 0 aliphatic heterocycles. The van der Waals surface area contributed by atoms with Crippen LogP contribution in [0.5, 0.6) is 0 Å². The average Bonchev–Trinajstić information content (AvgIpc) is 3.22. The SMILES string of the molecule is CCC(C)(C)C1CCc2c(sc(NC(=O)CN(C)Cc3cnn(C)c3)c2C#N)C1. The second-order valence-electron chi connectivity index (χ2n) is 8.84. The number of hydrogen-bond acceptors (Lipinski definition) is 5. The standard InChI is InChI=1S/C22H31N5OS/c1-6-22(2,3)16-7-8-17-18(10-23)21(29-19(17)9-16)25-20(28)14-26(4)12-15-11-24-27(5)13-15/h11,13,16H,6-9,12,14H2,1-5H3,(H,25,28). The molecule has 0 radical (unpaired) electrons. The number of rotatable bonds is 7. The van der Waals surface area contributed by atoms with Gasteiger partial charge in [-0.2, -0.15) is 10.4 Å². The Balaban J connectivity index is 1.67. The zero-order valence-electron chi connectivity index (χ0n) is 18.1. The molecular weight excluding hydrogens is 382 g/mol. The number of hydrogen-bond donors (Lipinski definition) is 1. The zero-order valence-corrected chi connectivity index (χ0v) is 18.9. The van der Waals surface area contributed by atoms with Gasteiger partial charge in [-0.15, -0.1) is 11.3 Å². The van der Waals surface area contributed by atoms with E-state index in [0.717, 1.165) is 36.8 Å². The van der Waals surface area contributed by atoms with Crippen molar-refractivity contribution in [2.24, 2.45) is 18.4 Å². The number of carbonyl (C=O) groups excluding carboxylic acids is 1. The average molecular weight is 414 g/mol. The first-order valence-corrected chi connectivity index (χ1v) is 11.1. The first kappa shape index (κ1) is 21.5. The van der Waals surface area contributed by atoms with Gasteiger partial charge < -0.3 is 5.32 Å². The molecule has 0 spiro atoms. The number of anilines is 1. The van der Waals surface area contributed by atoms with Crippen molar-refractivity contribution < 1.29 is 4.79 Å². The van der Waals surface area contributed by atoms with Crippen molar-refractivity contribution in [3.8, 4) is 6.07 Å². The summed E-state index contributed by atoms with van der Waals surface area (Å²) in [5, 5.41) is 17.6. The van der Waals surface area contributed by atoms with E-state index < -0.39 is 0 Å². The third-order valence-electron chi connectivity index (χ3n) is 6.27. The summed E-state index contributed by atoms with van der Waals surface area (Å²) in [6, 6.07) is 2.34. The summed E-state index contributed by atoms with van der Waals surface area (Å²) in [6.07, 6.45) is 7.95. The first-order chi connectivity index (χ1) is 13.7. The number of amides is 1. The maximum atomic E-state index is 12.6. The molecule has 2 aromatic rings. The first-order valence-electron chi connectivity index (χ1n) is 10.2. The number of fused-ring (bicyclic) bond motifs is 1. The fourth-order valence-electron chi connectivity index (χ4n) is 4.08. The topological polar surface area (TPSA) is 74.0 Å². The molecule has 2 heterocycles. The smallest absolute Gasteiger partial charge is 0.239 e. The van der Waals surface area contributed by atoms with Gasteiger partial charge in [-0.3, -0.25) is 14.4 Å². The lowest BCUT2D eigenvalue weighted by atomic mass is 9.69. The predicted octanol–water partition coefficient (Wildman–Crippen LogP) is 3.96. The molecule has 3 rings (SSSR count). The largest absolute Gasteiger partial charge is 0.315 e. The van der Waals surface area contributed by atoms with Crippen molar-refractivity contribution in [3.63, 3.8) is 0 Å². The molecule has 1 unspecified atom stereocenters. The lowest BCUT2D eigenvalue weighted by molar-refractivity contribution is -0.117. The van der Waals surface area contributed by atoms with Gasteiger partial charge in [0, 0.05) is 30.2 Å². The molecule has 0 fully saturated rings. The number of aromatic nitrogens is 2. The van der Waals surface area contributed by atoms with E-state index in [4.69, 9.17) is 0 Å². The molecule has 7 heteroatoms. The van der Waals surface area contributed by atoms with E-state index in [1.54, 1.807) is 16.0 Å². The number of nitrogens with one attached hydrogen (secondary N) is 1. The maximum Gasteiger partial charge on any atom is 0.239 e. The van der Waals surface area contributed by atoms with Crippen LogP contribution in [0.15, 0.2) is 12.4 Å². The van der Waals surface area contributed by atoms with Gasteiger partial charge in [-0.05, 0) is 43.2 Å². The highest BCUT2D eigenvalue weighted by Gasteiger charge is 2.34. The Labute approximate surface area is 177 Å². The normalized spacial score (nSPS) is 16.5. The number of nitrogens with zero attached hydrogens (tertiary/aromatic N) is 4. The minimum absolute atomic E-state index is 0.0862. The van der Waals surface area contributed by atoms with Crippen molar-refractivity contribution in [3.05, 3.63) is 34.0 Å². The molecule has 156 valence electrons. The van der Waals surface area contributed by atoms with Gasteiger partial charge in [0.25, 0.3) is 0 Å². The molecule has 0 saturated heterocycles. The molecule has 1 N–H and O–H groups in total. The van der Waals surface area contributed by atoms with E-state index in [1.807, 2.05) is 31.4 Å². The third-order valence-corrected chi connectivity index (χ3v) is 7.44. The Bertz CT molecular complexity index is 920. The summed E-state index contributed by atoms with van der Waals surface area (Å²) < 4.78 is 1.76. The highest BCUT2D eigenvalue weighted by Crippen LogP contribution is 2.45. The monoisotopic (exact) mass is 413 g/mol. The van der Waals surface area contributed by atoms with Crippen molar-refractivity contribution in [1.82, 2.24) is 14.7 Å². The van der Waals surface area contributed by atoms with Crippen molar-refractivity contribution in [2.45, 2.75) is 53.0 Å². The molecule has 0 saturated carbocycles. The summed E-state index contributed by atoms with van der Waals surface area (Å²) in [5.41, 5.74) is 3.18. The Morgan fingerprint density at radius 3 is 2.90 bits per heavy atom. The zero-order chi connectivity index (χ0) is 21.2. The highest BCUT2D eigenvalue weighted by molar-refractivity contribution is 7.16. The number of nitriles is 1. The molecular formula is C22H31N5OS. The molecule has 0 bridgehead atoms. The fourth-order valence-corrected chi connectivity index (χ4v) is 5.37. The second kappa shape index (κ2) is 8.68. The summed E-state index contributed by atoms with van der Waals surface area (Å²) in [4.78, 5) is 15.8. The van der Waals surface area contributed by atoms with Crippen LogP contribution in [0.25, 0.3) is 0 Å². The molecule has 1 atom stereocenters. The molecule has 1 aliphatic rings. The minimum Gasteiger partial charge on any atom is -0.315 e. The second-order valence-corrected chi connectivity index (χ2v) is 9.95. The van der Waals surface area contributed by atoms with E-state index in [1.165, 1.54) is 4.88 Å². The van der Waals surface area contributed by atoms with Crippen LogP contribution in [0.3, 0.4) is 0 Å². The van der Waals surface area contributed by atoms with Crippen LogP contribution >= 0.6 is 11.3 Å². The van der Waals surface area contributed by atoms with Gasteiger partial charge in [-0.25, -0.2) is 0 Å². The van der Waals surface area contributed by atoms with Gasteiger partial charge in [0.1, 0.15) is 11.1 Å². The molecule has 1 amide bonds. The molecule has 2 aromatic heterocycles. The fraction of sp³-hybridized carbons (Fsp3) is 0.591. The van der Waals surface area contributed by atoms with E-state index in [9.17, 15) is 10.1 Å². The van der Waals surface area contributed by atoms with Crippen LogP contribution in [-0.4, -0.2) is 34.2 Å². The minimum atomic E-state index is -0.0862. The van der Waals surface area contributed by atoms with Gasteiger partial charge in [0.05, 0.1) is 18.3 Å². The Morgan fingerprint density at radius 1 is 1.52 bits per heavy atom. The molecule has 29 heavy (non-hydrogen) atoms. The van der Waals surface area contributed by atoms with Crippen LogP contribution in [0.1, 0.15) is 55.2 Å². The van der Waals surface area contributed by atoms with E-state index in [0.29, 0.717) is 28.4 Å². The summed E-state index contributed by atoms with van der Waals surface area (Å²) >= 11 is 1.59. The molecule has 1 aliphatic carbocycles. The molecule has 6 nitrogen and oxygen atoms in total. The lowest BCUT2D eigenvalue weighted by Gasteiger charge is -2.36. The number of carbonyl (C=O) groups is 1. The summed E-state index contributed by atoms with van der Waals surface area (Å²) in [6.45, 7) is 7.84. The Hall–Kier alpha value is -2.17. The van der Waals surface area contributed by atoms with E-state index in [-0.39, 0.29) is 12.5 Å². The Kier molecular flexibility index (Phi) is 6.45. The van der Waals surface area contributed by atoms with Crippen molar-refractivity contribution >= 4 is 22.2 Å². The maximum absolute atomic E-state index is 12.6. The van der Waals surface area contributed by atoms with Gasteiger partial charge in [0.2, 0.25) is 5.91 Å². The van der Waals surface area contributed by atoms with Crippen LogP contribution < -0.4 is 5.32 Å². The molecule has 0 aromatic carbocycles. The Morgan fingerprint density at radius 2 is 2.28 bits per heavy atom.